The van der Waals surface area contributed by atoms with E-state index in [0.29, 0.717) is 0 Å². The van der Waals surface area contributed by atoms with E-state index >= 15 is 0 Å². The summed E-state index contributed by atoms with van der Waals surface area (Å²) in [5.41, 5.74) is 10.9. The fourth-order valence-electron chi connectivity index (χ4n) is 2.00. The molecule has 5 heteroatoms. The minimum absolute atomic E-state index is 0.148. The number of anilines is 1. The Bertz CT molecular complexity index is 525. The Morgan fingerprint density at radius 1 is 1.47 bits per heavy atom. The average molecular weight is 296 g/mol. The van der Waals surface area contributed by atoms with Crippen molar-refractivity contribution in [1.29, 1.82) is 0 Å². The number of thiazole rings is 1. The Morgan fingerprint density at radius 2 is 2.26 bits per heavy atom. The average Bonchev–Trinajstić information content (AvgIpc) is 2.80. The molecule has 0 fully saturated rings. The Labute approximate surface area is 123 Å². The third-order valence-electron chi connectivity index (χ3n) is 2.86. The summed E-state index contributed by atoms with van der Waals surface area (Å²) < 4.78 is 0. The smallest absolute Gasteiger partial charge is 0.0795 e. The first kappa shape index (κ1) is 14.3. The molecule has 19 heavy (non-hydrogen) atoms. The number of rotatable bonds is 5. The van der Waals surface area contributed by atoms with Crippen LogP contribution in [0.1, 0.15) is 18.2 Å². The lowest BCUT2D eigenvalue weighted by Crippen LogP contribution is -2.19. The minimum Gasteiger partial charge on any atom is -0.367 e. The Kier molecular flexibility index (Phi) is 4.80. The summed E-state index contributed by atoms with van der Waals surface area (Å²) in [5.74, 6) is 0. The van der Waals surface area contributed by atoms with Gasteiger partial charge in [0.2, 0.25) is 0 Å². The lowest BCUT2D eigenvalue weighted by atomic mass is 10.1. The van der Waals surface area contributed by atoms with E-state index in [1.165, 1.54) is 5.56 Å². The van der Waals surface area contributed by atoms with Gasteiger partial charge in [-0.05, 0) is 31.0 Å². The standard InChI is InChI=1S/C14H18ClN3S/c1-10(16)5-11-3-4-14(13(15)6-11)18(2)7-12-8-19-9-17-12/h3-4,6,8-10H,5,7,16H2,1-2H3. The highest BCUT2D eigenvalue weighted by molar-refractivity contribution is 7.07. The first-order valence-corrected chi connectivity index (χ1v) is 7.50. The van der Waals surface area contributed by atoms with Gasteiger partial charge in [0, 0.05) is 18.5 Å². The fraction of sp³-hybridized carbons (Fsp3) is 0.357. The van der Waals surface area contributed by atoms with Crippen molar-refractivity contribution in [2.45, 2.75) is 25.9 Å². The van der Waals surface area contributed by atoms with Crippen molar-refractivity contribution < 1.29 is 0 Å². The summed E-state index contributed by atoms with van der Waals surface area (Å²) in [6.45, 7) is 2.76. The van der Waals surface area contributed by atoms with Gasteiger partial charge in [-0.1, -0.05) is 17.7 Å². The lowest BCUT2D eigenvalue weighted by Gasteiger charge is -2.20. The van der Waals surface area contributed by atoms with E-state index in [0.717, 1.165) is 29.4 Å². The van der Waals surface area contributed by atoms with Gasteiger partial charge in [-0.25, -0.2) is 4.98 Å². The molecule has 0 amide bonds. The van der Waals surface area contributed by atoms with Gasteiger partial charge in [0.05, 0.1) is 28.5 Å². The number of hydrogen-bond donors (Lipinski definition) is 1. The molecule has 0 bridgehead atoms. The molecule has 3 nitrogen and oxygen atoms in total. The van der Waals surface area contributed by atoms with Crippen LogP contribution in [-0.2, 0) is 13.0 Å². The van der Waals surface area contributed by atoms with Gasteiger partial charge in [-0.15, -0.1) is 11.3 Å². The van der Waals surface area contributed by atoms with Crippen molar-refractivity contribution in [2.75, 3.05) is 11.9 Å². The quantitative estimate of drug-likeness (QED) is 0.920. The van der Waals surface area contributed by atoms with Crippen molar-refractivity contribution in [3.63, 3.8) is 0 Å². The van der Waals surface area contributed by atoms with Crippen molar-refractivity contribution in [3.8, 4) is 0 Å². The van der Waals surface area contributed by atoms with Gasteiger partial charge in [-0.3, -0.25) is 0 Å². The zero-order valence-electron chi connectivity index (χ0n) is 11.1. The SMILES string of the molecule is CC(N)Cc1ccc(N(C)Cc2cscn2)c(Cl)c1. The van der Waals surface area contributed by atoms with Crippen LogP contribution in [-0.4, -0.2) is 18.1 Å². The van der Waals surface area contributed by atoms with E-state index in [4.69, 9.17) is 17.3 Å². The molecule has 1 aromatic carbocycles. The predicted octanol–water partition coefficient (Wildman–Crippen LogP) is 3.32. The monoisotopic (exact) mass is 295 g/mol. The van der Waals surface area contributed by atoms with E-state index in [-0.39, 0.29) is 6.04 Å². The van der Waals surface area contributed by atoms with Crippen LogP contribution in [0.2, 0.25) is 5.02 Å². The highest BCUT2D eigenvalue weighted by Crippen LogP contribution is 2.27. The Morgan fingerprint density at radius 3 is 2.84 bits per heavy atom. The van der Waals surface area contributed by atoms with Gasteiger partial charge in [0.1, 0.15) is 0 Å². The maximum absolute atomic E-state index is 6.35. The highest BCUT2D eigenvalue weighted by Gasteiger charge is 2.09. The fourth-order valence-corrected chi connectivity index (χ4v) is 2.90. The van der Waals surface area contributed by atoms with Crippen LogP contribution in [0.3, 0.4) is 0 Å². The topological polar surface area (TPSA) is 42.1 Å². The van der Waals surface area contributed by atoms with Crippen molar-refractivity contribution in [2.24, 2.45) is 5.73 Å². The lowest BCUT2D eigenvalue weighted by molar-refractivity contribution is 0.738. The normalized spacial score (nSPS) is 12.4. The largest absolute Gasteiger partial charge is 0.367 e. The molecule has 0 aliphatic heterocycles. The second kappa shape index (κ2) is 6.37. The molecule has 0 saturated heterocycles. The molecule has 1 heterocycles. The molecule has 0 aliphatic carbocycles. The molecule has 1 unspecified atom stereocenters. The molecule has 0 spiro atoms. The molecule has 2 rings (SSSR count). The number of aromatic nitrogens is 1. The van der Waals surface area contributed by atoms with Crippen LogP contribution in [0, 0.1) is 0 Å². The summed E-state index contributed by atoms with van der Waals surface area (Å²) in [6.07, 6.45) is 0.843. The van der Waals surface area contributed by atoms with E-state index < -0.39 is 0 Å². The molecule has 0 aliphatic rings. The maximum atomic E-state index is 6.35. The summed E-state index contributed by atoms with van der Waals surface area (Å²) in [6, 6.07) is 6.28. The molecule has 1 atom stereocenters. The zero-order valence-corrected chi connectivity index (χ0v) is 12.7. The van der Waals surface area contributed by atoms with Gasteiger partial charge in [0.15, 0.2) is 0 Å². The van der Waals surface area contributed by atoms with Crippen LogP contribution in [0.5, 0.6) is 0 Å². The molecule has 2 aromatic rings. The predicted molar refractivity (Wildman–Crippen MR) is 83.0 cm³/mol. The van der Waals surface area contributed by atoms with Gasteiger partial charge < -0.3 is 10.6 Å². The maximum Gasteiger partial charge on any atom is 0.0795 e. The van der Waals surface area contributed by atoms with E-state index in [1.807, 2.05) is 31.6 Å². The van der Waals surface area contributed by atoms with Gasteiger partial charge in [0.25, 0.3) is 0 Å². The van der Waals surface area contributed by atoms with Crippen LogP contribution < -0.4 is 10.6 Å². The summed E-state index contributed by atoms with van der Waals surface area (Å²) >= 11 is 7.95. The van der Waals surface area contributed by atoms with Gasteiger partial charge in [-0.2, -0.15) is 0 Å². The number of hydrogen-bond acceptors (Lipinski definition) is 4. The molecular weight excluding hydrogens is 278 g/mol. The summed E-state index contributed by atoms with van der Waals surface area (Å²) in [7, 11) is 2.02. The number of nitrogens with zero attached hydrogens (tertiary/aromatic N) is 2. The van der Waals surface area contributed by atoms with E-state index in [9.17, 15) is 0 Å². The third-order valence-corrected chi connectivity index (χ3v) is 3.80. The van der Waals surface area contributed by atoms with E-state index in [2.05, 4.69) is 21.3 Å². The van der Waals surface area contributed by atoms with Crippen molar-refractivity contribution in [1.82, 2.24) is 4.98 Å². The van der Waals surface area contributed by atoms with Crippen LogP contribution in [0.4, 0.5) is 5.69 Å². The first-order chi connectivity index (χ1) is 9.06. The highest BCUT2D eigenvalue weighted by atomic mass is 35.5. The molecule has 2 N–H and O–H groups in total. The molecule has 102 valence electrons. The number of benzene rings is 1. The zero-order chi connectivity index (χ0) is 13.8. The molecular formula is C14H18ClN3S. The number of nitrogens with two attached hydrogens (primary N) is 1. The second-order valence-electron chi connectivity index (χ2n) is 4.80. The minimum atomic E-state index is 0.148. The number of halogens is 1. The Balaban J connectivity index is 2.11. The van der Waals surface area contributed by atoms with Crippen LogP contribution in [0.15, 0.2) is 29.1 Å². The first-order valence-electron chi connectivity index (χ1n) is 6.18. The summed E-state index contributed by atoms with van der Waals surface area (Å²) in [4.78, 5) is 6.39. The molecule has 0 radical (unpaired) electrons. The second-order valence-corrected chi connectivity index (χ2v) is 5.93. The molecule has 0 saturated carbocycles. The third kappa shape index (κ3) is 3.93. The van der Waals surface area contributed by atoms with Crippen molar-refractivity contribution >= 4 is 28.6 Å². The van der Waals surface area contributed by atoms with Crippen LogP contribution in [0.25, 0.3) is 0 Å². The van der Waals surface area contributed by atoms with E-state index in [1.54, 1.807) is 11.3 Å². The van der Waals surface area contributed by atoms with Crippen LogP contribution >= 0.6 is 22.9 Å². The van der Waals surface area contributed by atoms with Crippen molar-refractivity contribution in [3.05, 3.63) is 45.4 Å². The summed E-state index contributed by atoms with van der Waals surface area (Å²) in [5, 5.41) is 2.81. The molecule has 1 aromatic heterocycles. The Hall–Kier alpha value is -1.10. The van der Waals surface area contributed by atoms with Gasteiger partial charge >= 0.3 is 0 Å².